The lowest BCUT2D eigenvalue weighted by Gasteiger charge is -2.51. The summed E-state index contributed by atoms with van der Waals surface area (Å²) < 4.78 is 14.5. The first kappa shape index (κ1) is 19.6. The van der Waals surface area contributed by atoms with Gasteiger partial charge in [0.05, 0.1) is 5.52 Å². The van der Waals surface area contributed by atoms with Crippen LogP contribution in [0.25, 0.3) is 10.9 Å². The molecule has 0 bridgehead atoms. The lowest BCUT2D eigenvalue weighted by atomic mass is 9.58. The molecule has 3 aromatic carbocycles. The maximum atomic E-state index is 14.5. The Bertz CT molecular complexity index is 1280. The van der Waals surface area contributed by atoms with E-state index in [0.717, 1.165) is 50.0 Å². The first-order valence-corrected chi connectivity index (χ1v) is 11.5. The van der Waals surface area contributed by atoms with E-state index in [-0.39, 0.29) is 11.2 Å². The van der Waals surface area contributed by atoms with Crippen molar-refractivity contribution in [2.24, 2.45) is 5.92 Å². The van der Waals surface area contributed by atoms with E-state index in [1.54, 1.807) is 6.07 Å². The van der Waals surface area contributed by atoms with Crippen LogP contribution in [0.5, 0.6) is 5.75 Å². The van der Waals surface area contributed by atoms with Gasteiger partial charge in [-0.15, -0.1) is 0 Å². The van der Waals surface area contributed by atoms with Crippen LogP contribution < -0.4 is 0 Å². The first-order chi connectivity index (χ1) is 15.6. The van der Waals surface area contributed by atoms with Crippen molar-refractivity contribution in [3.05, 3.63) is 101 Å². The second-order valence-electron chi connectivity index (χ2n) is 9.50. The fourth-order valence-electron chi connectivity index (χ4n) is 6.15. The van der Waals surface area contributed by atoms with E-state index in [1.165, 1.54) is 22.8 Å². The average molecular weight is 427 g/mol. The molecule has 2 heterocycles. The third-order valence-corrected chi connectivity index (χ3v) is 7.73. The highest BCUT2D eigenvalue weighted by atomic mass is 19.1. The molecule has 0 spiro atoms. The molecule has 0 saturated carbocycles. The standard InChI is InChI=1S/C28H27FN2O/c29-25-11-5-10-23-24-15-21-18-31(17-19-6-2-1-3-7-19)13-12-28(21,16-26(24)30-27(23)25)20-8-4-9-22(32)14-20/h1-11,14,21,30,32H,12-13,15-18H2/t21?,28-/m0/s1. The lowest BCUT2D eigenvalue weighted by Crippen LogP contribution is -2.53. The summed E-state index contributed by atoms with van der Waals surface area (Å²) in [6.45, 7) is 2.94. The summed E-state index contributed by atoms with van der Waals surface area (Å²) in [6, 6.07) is 23.8. The number of piperidine rings is 1. The van der Waals surface area contributed by atoms with Crippen molar-refractivity contribution in [1.29, 1.82) is 0 Å². The molecule has 3 nitrogen and oxygen atoms in total. The zero-order valence-electron chi connectivity index (χ0n) is 18.0. The van der Waals surface area contributed by atoms with Gasteiger partial charge in [-0.3, -0.25) is 4.90 Å². The van der Waals surface area contributed by atoms with Gasteiger partial charge in [0.2, 0.25) is 0 Å². The number of aromatic nitrogens is 1. The summed E-state index contributed by atoms with van der Waals surface area (Å²) in [5.74, 6) is 0.532. The molecule has 6 rings (SSSR count). The van der Waals surface area contributed by atoms with Crippen molar-refractivity contribution < 1.29 is 9.50 Å². The summed E-state index contributed by atoms with van der Waals surface area (Å²) in [6.07, 6.45) is 2.79. The number of aromatic amines is 1. The van der Waals surface area contributed by atoms with Crippen molar-refractivity contribution in [3.8, 4) is 5.75 Å². The van der Waals surface area contributed by atoms with Crippen molar-refractivity contribution >= 4 is 10.9 Å². The molecule has 2 atom stereocenters. The summed E-state index contributed by atoms with van der Waals surface area (Å²) in [4.78, 5) is 5.98. The van der Waals surface area contributed by atoms with Gasteiger partial charge in [-0.25, -0.2) is 4.39 Å². The third-order valence-electron chi connectivity index (χ3n) is 7.73. The fourth-order valence-corrected chi connectivity index (χ4v) is 6.15. The topological polar surface area (TPSA) is 39.3 Å². The molecule has 2 N–H and O–H groups in total. The number of phenolic OH excluding ortho intramolecular Hbond substituents is 1. The van der Waals surface area contributed by atoms with Gasteiger partial charge in [-0.2, -0.15) is 0 Å². The van der Waals surface area contributed by atoms with Crippen molar-refractivity contribution in [2.75, 3.05) is 13.1 Å². The Balaban J connectivity index is 1.42. The highest BCUT2D eigenvalue weighted by Gasteiger charge is 2.48. The second kappa shape index (κ2) is 7.49. The van der Waals surface area contributed by atoms with Crippen LogP contribution in [0, 0.1) is 11.7 Å². The minimum absolute atomic E-state index is 0.0592. The summed E-state index contributed by atoms with van der Waals surface area (Å²) in [5, 5.41) is 11.3. The van der Waals surface area contributed by atoms with Gasteiger partial charge >= 0.3 is 0 Å². The summed E-state index contributed by atoms with van der Waals surface area (Å²) in [5.41, 5.74) is 5.53. The number of aromatic hydroxyl groups is 1. The molecule has 1 aliphatic carbocycles. The molecule has 1 unspecified atom stereocenters. The number of likely N-dealkylation sites (tertiary alicyclic amines) is 1. The van der Waals surface area contributed by atoms with Crippen LogP contribution in [0.4, 0.5) is 4.39 Å². The molecule has 4 heteroatoms. The summed E-state index contributed by atoms with van der Waals surface area (Å²) in [7, 11) is 0. The number of nitrogens with zero attached hydrogens (tertiary/aromatic N) is 1. The Morgan fingerprint density at radius 3 is 2.72 bits per heavy atom. The molecule has 1 aromatic heterocycles. The molecule has 0 radical (unpaired) electrons. The van der Waals surface area contributed by atoms with Gasteiger partial charge in [-0.05, 0) is 66.6 Å². The number of phenols is 1. The Kier molecular flexibility index (Phi) is 4.58. The van der Waals surface area contributed by atoms with Crippen molar-refractivity contribution in [2.45, 2.75) is 31.2 Å². The van der Waals surface area contributed by atoms with Crippen LogP contribution in [0.3, 0.4) is 0 Å². The molecule has 0 amide bonds. The van der Waals surface area contributed by atoms with Crippen LogP contribution in [-0.4, -0.2) is 28.1 Å². The molecular formula is C28H27FN2O. The van der Waals surface area contributed by atoms with Gasteiger partial charge in [-0.1, -0.05) is 54.6 Å². The van der Waals surface area contributed by atoms with Gasteiger partial charge in [0.15, 0.2) is 0 Å². The molecular weight excluding hydrogens is 399 g/mol. The van der Waals surface area contributed by atoms with Crippen LogP contribution >= 0.6 is 0 Å². The van der Waals surface area contributed by atoms with E-state index in [4.69, 9.17) is 0 Å². The number of hydrogen-bond donors (Lipinski definition) is 2. The van der Waals surface area contributed by atoms with E-state index in [9.17, 15) is 9.50 Å². The van der Waals surface area contributed by atoms with Crippen LogP contribution in [0.1, 0.15) is 28.8 Å². The Labute approximate surface area is 187 Å². The normalized spacial score (nSPS) is 23.1. The predicted molar refractivity (Wildman–Crippen MR) is 125 cm³/mol. The lowest BCUT2D eigenvalue weighted by molar-refractivity contribution is 0.0765. The summed E-state index contributed by atoms with van der Waals surface area (Å²) >= 11 is 0. The minimum atomic E-state index is -0.183. The van der Waals surface area contributed by atoms with Gasteiger partial charge in [0.25, 0.3) is 0 Å². The van der Waals surface area contributed by atoms with Gasteiger partial charge in [0.1, 0.15) is 11.6 Å². The van der Waals surface area contributed by atoms with Crippen LogP contribution in [0.2, 0.25) is 0 Å². The maximum absolute atomic E-state index is 14.5. The number of benzene rings is 3. The van der Waals surface area contributed by atoms with E-state index in [1.807, 2.05) is 24.3 Å². The molecule has 1 fully saturated rings. The maximum Gasteiger partial charge on any atom is 0.147 e. The second-order valence-corrected chi connectivity index (χ2v) is 9.50. The molecule has 4 aromatic rings. The SMILES string of the molecule is Oc1cccc([C@@]23CCN(Cc4ccccc4)CC2Cc2c([nH]c4c(F)cccc24)C3)c1. The molecule has 2 aliphatic rings. The van der Waals surface area contributed by atoms with Crippen molar-refractivity contribution in [3.63, 3.8) is 0 Å². The highest BCUT2D eigenvalue weighted by Crippen LogP contribution is 2.49. The zero-order valence-corrected chi connectivity index (χ0v) is 18.0. The fraction of sp³-hybridized carbons (Fsp3) is 0.286. The number of para-hydroxylation sites is 1. The highest BCUT2D eigenvalue weighted by molar-refractivity contribution is 5.85. The average Bonchev–Trinajstić information content (AvgIpc) is 3.17. The minimum Gasteiger partial charge on any atom is -0.508 e. The van der Waals surface area contributed by atoms with Crippen molar-refractivity contribution in [1.82, 2.24) is 9.88 Å². The molecule has 1 aliphatic heterocycles. The van der Waals surface area contributed by atoms with E-state index >= 15 is 0 Å². The number of nitrogens with one attached hydrogen (secondary N) is 1. The number of H-pyrrole nitrogens is 1. The Morgan fingerprint density at radius 1 is 1.03 bits per heavy atom. The quantitative estimate of drug-likeness (QED) is 0.449. The Morgan fingerprint density at radius 2 is 1.88 bits per heavy atom. The predicted octanol–water partition coefficient (Wildman–Crippen LogP) is 5.57. The van der Waals surface area contributed by atoms with Gasteiger partial charge < -0.3 is 10.1 Å². The van der Waals surface area contributed by atoms with E-state index in [2.05, 4.69) is 46.3 Å². The number of halogens is 1. The number of rotatable bonds is 3. The molecule has 1 saturated heterocycles. The van der Waals surface area contributed by atoms with E-state index in [0.29, 0.717) is 17.2 Å². The number of hydrogen-bond acceptors (Lipinski definition) is 2. The number of fused-ring (bicyclic) bond motifs is 4. The zero-order chi connectivity index (χ0) is 21.7. The largest absolute Gasteiger partial charge is 0.508 e. The Hall–Kier alpha value is -3.11. The van der Waals surface area contributed by atoms with Crippen LogP contribution in [0.15, 0.2) is 72.8 Å². The third kappa shape index (κ3) is 3.13. The van der Waals surface area contributed by atoms with Gasteiger partial charge in [0, 0.05) is 29.6 Å². The van der Waals surface area contributed by atoms with E-state index < -0.39 is 0 Å². The molecule has 162 valence electrons. The molecule has 32 heavy (non-hydrogen) atoms. The smallest absolute Gasteiger partial charge is 0.147 e. The first-order valence-electron chi connectivity index (χ1n) is 11.5. The van der Waals surface area contributed by atoms with Crippen LogP contribution in [-0.2, 0) is 24.8 Å². The monoisotopic (exact) mass is 426 g/mol.